The molecule has 1 fully saturated rings. The maximum atomic E-state index is 12.7. The predicted octanol–water partition coefficient (Wildman–Crippen LogP) is 1.93. The largest absolute Gasteiger partial charge is 0.488 e. The minimum Gasteiger partial charge on any atom is -0.488 e. The molecule has 1 aromatic carbocycles. The van der Waals surface area contributed by atoms with Gasteiger partial charge in [0.1, 0.15) is 12.4 Å². The number of piperazine rings is 1. The van der Waals surface area contributed by atoms with E-state index in [1.807, 2.05) is 30.0 Å². The number of ether oxygens (including phenoxy) is 1. The first-order valence-electron chi connectivity index (χ1n) is 7.83. The third-order valence-electron chi connectivity index (χ3n) is 4.53. The number of aromatic nitrogens is 1. The molecular weight excluding hydrogens is 294 g/mol. The minimum absolute atomic E-state index is 0.0668. The first-order chi connectivity index (χ1) is 11.1. The van der Waals surface area contributed by atoms with Gasteiger partial charge in [0.15, 0.2) is 11.5 Å². The maximum absolute atomic E-state index is 12.7. The quantitative estimate of drug-likeness (QED) is 0.805. The van der Waals surface area contributed by atoms with E-state index < -0.39 is 0 Å². The number of hydrogen-bond donors (Lipinski definition) is 0. The maximum Gasteiger partial charge on any atom is 0.276 e. The normalized spacial score (nSPS) is 17.4. The van der Waals surface area contributed by atoms with E-state index in [9.17, 15) is 4.79 Å². The lowest BCUT2D eigenvalue weighted by atomic mass is 10.0. The Morgan fingerprint density at radius 1 is 1.22 bits per heavy atom. The number of carbonyl (C=O) groups excluding carboxylic acids is 1. The third-order valence-corrected chi connectivity index (χ3v) is 4.53. The summed E-state index contributed by atoms with van der Waals surface area (Å²) >= 11 is 0. The van der Waals surface area contributed by atoms with Crippen LogP contribution in [0.4, 0.5) is 0 Å². The smallest absolute Gasteiger partial charge is 0.276 e. The predicted molar refractivity (Wildman–Crippen MR) is 84.4 cm³/mol. The van der Waals surface area contributed by atoms with Crippen LogP contribution in [0.25, 0.3) is 11.3 Å². The van der Waals surface area contributed by atoms with Crippen LogP contribution < -0.4 is 4.74 Å². The van der Waals surface area contributed by atoms with Gasteiger partial charge in [0.2, 0.25) is 0 Å². The zero-order valence-corrected chi connectivity index (χ0v) is 13.3. The van der Waals surface area contributed by atoms with Crippen molar-refractivity contribution in [2.24, 2.45) is 0 Å². The van der Waals surface area contributed by atoms with E-state index >= 15 is 0 Å². The van der Waals surface area contributed by atoms with E-state index in [4.69, 9.17) is 9.26 Å². The van der Waals surface area contributed by atoms with Crippen molar-refractivity contribution in [2.75, 3.05) is 33.2 Å². The number of likely N-dealkylation sites (N-methyl/N-ethyl adjacent to an activating group) is 1. The van der Waals surface area contributed by atoms with Crippen molar-refractivity contribution in [1.82, 2.24) is 15.0 Å². The fourth-order valence-corrected chi connectivity index (χ4v) is 3.08. The molecule has 0 aliphatic carbocycles. The summed E-state index contributed by atoms with van der Waals surface area (Å²) in [7, 11) is 2.06. The van der Waals surface area contributed by atoms with Crippen LogP contribution in [0.3, 0.4) is 0 Å². The van der Waals surface area contributed by atoms with Crippen LogP contribution in [0, 0.1) is 6.92 Å². The van der Waals surface area contributed by atoms with Crippen LogP contribution in [-0.4, -0.2) is 54.1 Å². The highest BCUT2D eigenvalue weighted by atomic mass is 16.5. The summed E-state index contributed by atoms with van der Waals surface area (Å²) in [5.41, 5.74) is 3.13. The molecule has 23 heavy (non-hydrogen) atoms. The van der Waals surface area contributed by atoms with Crippen molar-refractivity contribution in [2.45, 2.75) is 13.5 Å². The molecule has 3 heterocycles. The van der Waals surface area contributed by atoms with Crippen molar-refractivity contribution in [1.29, 1.82) is 0 Å². The summed E-state index contributed by atoms with van der Waals surface area (Å²) in [6.45, 7) is 5.53. The highest BCUT2D eigenvalue weighted by Gasteiger charge is 2.31. The SMILES string of the molecule is Cc1ccc2c(c1)-c1onc(C(=O)N3CCN(C)CC3)c1CO2. The number of rotatable bonds is 1. The lowest BCUT2D eigenvalue weighted by Gasteiger charge is -2.32. The molecule has 0 saturated carbocycles. The van der Waals surface area contributed by atoms with Gasteiger partial charge < -0.3 is 19.1 Å². The molecule has 6 heteroatoms. The Labute approximate surface area is 134 Å². The lowest BCUT2D eigenvalue weighted by molar-refractivity contribution is 0.0651. The van der Waals surface area contributed by atoms with E-state index in [2.05, 4.69) is 17.1 Å². The van der Waals surface area contributed by atoms with Crippen molar-refractivity contribution < 1.29 is 14.1 Å². The van der Waals surface area contributed by atoms with E-state index in [0.717, 1.165) is 35.5 Å². The average molecular weight is 313 g/mol. The van der Waals surface area contributed by atoms with Gasteiger partial charge in [-0.25, -0.2) is 0 Å². The molecule has 0 unspecified atom stereocenters. The van der Waals surface area contributed by atoms with Crippen molar-refractivity contribution in [3.8, 4) is 17.1 Å². The van der Waals surface area contributed by atoms with Crippen LogP contribution >= 0.6 is 0 Å². The van der Waals surface area contributed by atoms with Crippen LogP contribution in [0.15, 0.2) is 22.7 Å². The second kappa shape index (κ2) is 5.38. The van der Waals surface area contributed by atoms with Crippen molar-refractivity contribution in [3.05, 3.63) is 35.0 Å². The Balaban J connectivity index is 1.67. The van der Waals surface area contributed by atoms with E-state index in [0.29, 0.717) is 31.2 Å². The topological polar surface area (TPSA) is 58.8 Å². The van der Waals surface area contributed by atoms with Gasteiger partial charge in [0.25, 0.3) is 5.91 Å². The molecule has 0 bridgehead atoms. The molecule has 1 amide bonds. The standard InChI is InChI=1S/C17H19N3O3/c1-11-3-4-14-12(9-11)16-13(10-22-14)15(18-23-16)17(21)20-7-5-19(2)6-8-20/h3-4,9H,5-8,10H2,1-2H3. The van der Waals surface area contributed by atoms with Gasteiger partial charge in [0, 0.05) is 26.2 Å². The molecule has 0 spiro atoms. The molecular formula is C17H19N3O3. The summed E-state index contributed by atoms with van der Waals surface area (Å²) in [6.07, 6.45) is 0. The fourth-order valence-electron chi connectivity index (χ4n) is 3.08. The number of benzene rings is 1. The highest BCUT2D eigenvalue weighted by Crippen LogP contribution is 2.39. The minimum atomic E-state index is -0.0668. The second-order valence-electron chi connectivity index (χ2n) is 6.22. The molecule has 0 radical (unpaired) electrons. The Morgan fingerprint density at radius 3 is 2.78 bits per heavy atom. The number of fused-ring (bicyclic) bond motifs is 3. The Kier molecular flexibility index (Phi) is 3.34. The Hall–Kier alpha value is -2.34. The molecule has 1 saturated heterocycles. The fraction of sp³-hybridized carbons (Fsp3) is 0.412. The van der Waals surface area contributed by atoms with Gasteiger partial charge in [-0.3, -0.25) is 4.79 Å². The van der Waals surface area contributed by atoms with E-state index in [1.165, 1.54) is 0 Å². The van der Waals surface area contributed by atoms with E-state index in [-0.39, 0.29) is 5.91 Å². The molecule has 2 aromatic rings. The summed E-state index contributed by atoms with van der Waals surface area (Å²) in [5.74, 6) is 1.37. The van der Waals surface area contributed by atoms with Crippen LogP contribution in [-0.2, 0) is 6.61 Å². The van der Waals surface area contributed by atoms with Gasteiger partial charge >= 0.3 is 0 Å². The van der Waals surface area contributed by atoms with Crippen LogP contribution in [0.2, 0.25) is 0 Å². The lowest BCUT2D eigenvalue weighted by Crippen LogP contribution is -2.47. The van der Waals surface area contributed by atoms with Gasteiger partial charge in [-0.15, -0.1) is 0 Å². The summed E-state index contributed by atoms with van der Waals surface area (Å²) < 4.78 is 11.3. The third kappa shape index (κ3) is 2.39. The average Bonchev–Trinajstić information content (AvgIpc) is 2.99. The summed E-state index contributed by atoms with van der Waals surface area (Å²) in [5, 5.41) is 4.06. The molecule has 4 rings (SSSR count). The number of hydrogen-bond acceptors (Lipinski definition) is 5. The van der Waals surface area contributed by atoms with Gasteiger partial charge in [-0.2, -0.15) is 0 Å². The number of nitrogens with zero attached hydrogens (tertiary/aromatic N) is 3. The second-order valence-corrected chi connectivity index (χ2v) is 6.22. The molecule has 6 nitrogen and oxygen atoms in total. The molecule has 0 N–H and O–H groups in total. The molecule has 0 atom stereocenters. The molecule has 2 aliphatic heterocycles. The highest BCUT2D eigenvalue weighted by molar-refractivity contribution is 5.95. The van der Waals surface area contributed by atoms with Gasteiger partial charge in [0.05, 0.1) is 11.1 Å². The first-order valence-corrected chi connectivity index (χ1v) is 7.83. The summed E-state index contributed by atoms with van der Waals surface area (Å²) in [6, 6.07) is 5.93. The molecule has 2 aliphatic rings. The zero-order chi connectivity index (χ0) is 16.0. The van der Waals surface area contributed by atoms with Crippen molar-refractivity contribution in [3.63, 3.8) is 0 Å². The summed E-state index contributed by atoms with van der Waals surface area (Å²) in [4.78, 5) is 16.8. The molecule has 120 valence electrons. The monoisotopic (exact) mass is 313 g/mol. The van der Waals surface area contributed by atoms with Gasteiger partial charge in [-0.1, -0.05) is 16.8 Å². The zero-order valence-electron chi connectivity index (χ0n) is 13.3. The van der Waals surface area contributed by atoms with Gasteiger partial charge in [-0.05, 0) is 26.1 Å². The first kappa shape index (κ1) is 14.3. The molecule has 1 aromatic heterocycles. The number of carbonyl (C=O) groups is 1. The van der Waals surface area contributed by atoms with Crippen LogP contribution in [0.5, 0.6) is 5.75 Å². The number of aryl methyl sites for hydroxylation is 1. The van der Waals surface area contributed by atoms with Crippen molar-refractivity contribution >= 4 is 5.91 Å². The Bertz CT molecular complexity index is 760. The number of amides is 1. The van der Waals surface area contributed by atoms with Crippen LogP contribution in [0.1, 0.15) is 21.6 Å². The Morgan fingerprint density at radius 2 is 2.00 bits per heavy atom. The van der Waals surface area contributed by atoms with E-state index in [1.54, 1.807) is 0 Å².